The molecule has 1 saturated heterocycles. The third-order valence-electron chi connectivity index (χ3n) is 4.46. The van der Waals surface area contributed by atoms with E-state index >= 15 is 0 Å². The van der Waals surface area contributed by atoms with E-state index in [1.807, 2.05) is 0 Å². The van der Waals surface area contributed by atoms with Gasteiger partial charge in [-0.2, -0.15) is 13.6 Å². The van der Waals surface area contributed by atoms with Crippen LogP contribution in [0.1, 0.15) is 20.1 Å². The molecule has 0 radical (unpaired) electrons. The molecule has 1 aliphatic rings. The fourth-order valence-electron chi connectivity index (χ4n) is 2.88. The Kier molecular flexibility index (Phi) is 7.71. The van der Waals surface area contributed by atoms with Gasteiger partial charge in [0.25, 0.3) is 0 Å². The topological polar surface area (TPSA) is 239 Å². The minimum atomic E-state index is -5.66. The number of methoxy groups -OCH3 is 1. The standard InChI is InChI=1S/C12H22N3O13P3/c1-7-9(24-3)10(15-5-4-8(13)14-11(15)16)26-12(7,2)6-25-30(20,21)28-31(22,23)27-29(17,18)19/h4-5,7,9-10H,6H2,1-3H3,(H,20,21)(H,22,23)(H2,13,14,16)(H2,17,18,19)/t7-,9+,10+,12+/m0/s1. The van der Waals surface area contributed by atoms with E-state index in [1.165, 1.54) is 26.3 Å². The van der Waals surface area contributed by atoms with Gasteiger partial charge in [0.1, 0.15) is 11.9 Å². The summed E-state index contributed by atoms with van der Waals surface area (Å²) in [7, 11) is -15.2. The number of ether oxygens (including phenoxy) is 2. The molecule has 2 rings (SSSR count). The van der Waals surface area contributed by atoms with Crippen LogP contribution in [-0.2, 0) is 36.3 Å². The van der Waals surface area contributed by atoms with Gasteiger partial charge >= 0.3 is 29.2 Å². The van der Waals surface area contributed by atoms with Gasteiger partial charge in [-0.25, -0.2) is 18.5 Å². The summed E-state index contributed by atoms with van der Waals surface area (Å²) in [5.74, 6) is -0.587. The summed E-state index contributed by atoms with van der Waals surface area (Å²) in [5, 5.41) is 0. The van der Waals surface area contributed by atoms with Gasteiger partial charge in [0.2, 0.25) is 0 Å². The summed E-state index contributed by atoms with van der Waals surface area (Å²) in [6.07, 6.45) is -0.463. The Morgan fingerprint density at radius 1 is 1.23 bits per heavy atom. The molecule has 1 fully saturated rings. The van der Waals surface area contributed by atoms with Crippen molar-refractivity contribution in [2.45, 2.75) is 31.8 Å². The number of nitrogens with two attached hydrogens (primary N) is 1. The summed E-state index contributed by atoms with van der Waals surface area (Å²) < 4.78 is 58.4. The molecule has 0 aromatic carbocycles. The lowest BCUT2D eigenvalue weighted by Crippen LogP contribution is -2.38. The zero-order chi connectivity index (χ0) is 23.8. The van der Waals surface area contributed by atoms with Gasteiger partial charge < -0.3 is 34.8 Å². The summed E-state index contributed by atoms with van der Waals surface area (Å²) >= 11 is 0. The van der Waals surface area contributed by atoms with Gasteiger partial charge in [0.15, 0.2) is 6.23 Å². The van der Waals surface area contributed by atoms with E-state index in [2.05, 4.69) is 18.1 Å². The maximum Gasteiger partial charge on any atom is 0.490 e. The number of anilines is 1. The van der Waals surface area contributed by atoms with Crippen LogP contribution in [0.2, 0.25) is 0 Å². The molecule has 0 bridgehead atoms. The number of nitrogen functional groups attached to an aromatic ring is 1. The van der Waals surface area contributed by atoms with Gasteiger partial charge in [0, 0.05) is 19.2 Å². The van der Waals surface area contributed by atoms with Crippen LogP contribution in [0.3, 0.4) is 0 Å². The molecule has 0 saturated carbocycles. The highest BCUT2D eigenvalue weighted by molar-refractivity contribution is 7.66. The third kappa shape index (κ3) is 6.75. The SMILES string of the molecule is CO[C@H]1[C@H](n2ccc(N)nc2=O)O[C@](C)(COP(=O)(O)OP(=O)(O)OP(=O)(O)O)[C@H]1C. The molecule has 16 nitrogen and oxygen atoms in total. The van der Waals surface area contributed by atoms with Gasteiger partial charge in [-0.1, -0.05) is 6.92 Å². The first-order valence-electron chi connectivity index (χ1n) is 8.32. The fourth-order valence-corrected chi connectivity index (χ4v) is 5.99. The van der Waals surface area contributed by atoms with Crippen LogP contribution in [0.15, 0.2) is 17.1 Å². The molecule has 19 heteroatoms. The first-order valence-corrected chi connectivity index (χ1v) is 12.8. The van der Waals surface area contributed by atoms with E-state index in [1.54, 1.807) is 6.92 Å². The first kappa shape index (κ1) is 26.3. The summed E-state index contributed by atoms with van der Waals surface area (Å²) in [6.45, 7) is 2.36. The second-order valence-electron chi connectivity index (χ2n) is 6.72. The Morgan fingerprint density at radius 3 is 2.35 bits per heavy atom. The molecular weight excluding hydrogens is 487 g/mol. The van der Waals surface area contributed by atoms with Crippen molar-refractivity contribution < 1.29 is 55.9 Å². The molecule has 31 heavy (non-hydrogen) atoms. The van der Waals surface area contributed by atoms with Crippen molar-refractivity contribution in [1.82, 2.24) is 9.55 Å². The minimum absolute atomic E-state index is 0.0170. The average Bonchev–Trinajstić information content (AvgIpc) is 2.81. The van der Waals surface area contributed by atoms with E-state index in [0.29, 0.717) is 0 Å². The van der Waals surface area contributed by atoms with Crippen molar-refractivity contribution in [3.63, 3.8) is 0 Å². The number of phosphoric acid groups is 3. The second kappa shape index (κ2) is 9.10. The van der Waals surface area contributed by atoms with Crippen molar-refractivity contribution >= 4 is 29.3 Å². The molecule has 1 aromatic rings. The molecule has 6 N–H and O–H groups in total. The highest BCUT2D eigenvalue weighted by Gasteiger charge is 2.53. The van der Waals surface area contributed by atoms with Gasteiger partial charge in [-0.15, -0.1) is 0 Å². The molecule has 0 aliphatic carbocycles. The normalized spacial score (nSPS) is 30.6. The van der Waals surface area contributed by atoms with Crippen LogP contribution in [0.5, 0.6) is 0 Å². The molecule has 2 unspecified atom stereocenters. The minimum Gasteiger partial charge on any atom is -0.383 e. The Bertz CT molecular complexity index is 1010. The van der Waals surface area contributed by atoms with Crippen molar-refractivity contribution in [2.75, 3.05) is 19.5 Å². The molecule has 1 aromatic heterocycles. The van der Waals surface area contributed by atoms with E-state index < -0.39 is 59.6 Å². The van der Waals surface area contributed by atoms with Gasteiger partial charge in [-0.3, -0.25) is 9.09 Å². The zero-order valence-corrected chi connectivity index (χ0v) is 19.1. The van der Waals surface area contributed by atoms with Crippen molar-refractivity contribution in [1.29, 1.82) is 0 Å². The van der Waals surface area contributed by atoms with E-state index in [4.69, 9.17) is 25.0 Å². The molecule has 0 amide bonds. The summed E-state index contributed by atoms with van der Waals surface area (Å²) in [5.41, 5.74) is 3.34. The lowest BCUT2D eigenvalue weighted by atomic mass is 9.89. The Morgan fingerprint density at radius 2 is 1.84 bits per heavy atom. The summed E-state index contributed by atoms with van der Waals surface area (Å²) in [6, 6.07) is 1.35. The largest absolute Gasteiger partial charge is 0.490 e. The van der Waals surface area contributed by atoms with Crippen LogP contribution in [-0.4, -0.2) is 54.5 Å². The molecule has 1 aliphatic heterocycles. The molecule has 178 valence electrons. The predicted octanol–water partition coefficient (Wildman–Crippen LogP) is 0.107. The maximum absolute atomic E-state index is 12.2. The van der Waals surface area contributed by atoms with Crippen LogP contribution in [0.4, 0.5) is 5.82 Å². The van der Waals surface area contributed by atoms with Crippen LogP contribution in [0.25, 0.3) is 0 Å². The van der Waals surface area contributed by atoms with Crippen LogP contribution in [0, 0.1) is 5.92 Å². The number of rotatable bonds is 9. The van der Waals surface area contributed by atoms with Gasteiger partial charge in [-0.05, 0) is 13.0 Å². The maximum atomic E-state index is 12.2. The number of hydrogen-bond acceptors (Lipinski definition) is 11. The lowest BCUT2D eigenvalue weighted by Gasteiger charge is -2.29. The lowest BCUT2D eigenvalue weighted by molar-refractivity contribution is -0.107. The Balaban J connectivity index is 2.18. The molecule has 2 heterocycles. The Labute approximate surface area is 175 Å². The van der Waals surface area contributed by atoms with Gasteiger partial charge in [0.05, 0.1) is 12.2 Å². The zero-order valence-electron chi connectivity index (χ0n) is 16.4. The average molecular weight is 509 g/mol. The monoisotopic (exact) mass is 509 g/mol. The first-order chi connectivity index (χ1) is 14.0. The van der Waals surface area contributed by atoms with Crippen molar-refractivity contribution in [3.8, 4) is 0 Å². The second-order valence-corrected chi connectivity index (χ2v) is 11.1. The number of hydrogen-bond donors (Lipinski definition) is 5. The number of aromatic nitrogens is 2. The fraction of sp³-hybridized carbons (Fsp3) is 0.667. The molecule has 0 spiro atoms. The third-order valence-corrected chi connectivity index (χ3v) is 8.24. The van der Waals surface area contributed by atoms with E-state index in [0.717, 1.165) is 4.57 Å². The Hall–Kier alpha value is -0.990. The smallest absolute Gasteiger partial charge is 0.383 e. The predicted molar refractivity (Wildman–Crippen MR) is 101 cm³/mol. The van der Waals surface area contributed by atoms with Crippen molar-refractivity contribution in [2.24, 2.45) is 5.92 Å². The van der Waals surface area contributed by atoms with Crippen LogP contribution >= 0.6 is 23.5 Å². The number of phosphoric ester groups is 1. The summed E-state index contributed by atoms with van der Waals surface area (Å²) in [4.78, 5) is 51.7. The molecule has 6 atom stereocenters. The van der Waals surface area contributed by atoms with Crippen molar-refractivity contribution in [3.05, 3.63) is 22.7 Å². The molecular formula is C12H22N3O13P3. The van der Waals surface area contributed by atoms with E-state index in [9.17, 15) is 28.3 Å². The highest BCUT2D eigenvalue weighted by atomic mass is 31.3. The number of nitrogens with zero attached hydrogens (tertiary/aromatic N) is 2. The highest BCUT2D eigenvalue weighted by Crippen LogP contribution is 2.66. The quantitative estimate of drug-likeness (QED) is 0.278. The van der Waals surface area contributed by atoms with Crippen LogP contribution < -0.4 is 11.4 Å². The van der Waals surface area contributed by atoms with E-state index in [-0.39, 0.29) is 5.82 Å².